The second-order valence-electron chi connectivity index (χ2n) is 8.62. The highest BCUT2D eigenvalue weighted by atomic mass is 127. The minimum atomic E-state index is -2.96. The zero-order chi connectivity index (χ0) is 21.7. The van der Waals surface area contributed by atoms with Gasteiger partial charge >= 0.3 is 0 Å². The Morgan fingerprint density at radius 1 is 1.23 bits per heavy atom. The molecule has 0 unspecified atom stereocenters. The summed E-state index contributed by atoms with van der Waals surface area (Å²) in [6.07, 6.45) is 1.90. The van der Waals surface area contributed by atoms with Gasteiger partial charge < -0.3 is 15.1 Å². The summed E-state index contributed by atoms with van der Waals surface area (Å²) in [6, 6.07) is 6.03. The molecule has 2 rings (SSSR count). The lowest BCUT2D eigenvalue weighted by Gasteiger charge is -2.38. The second kappa shape index (κ2) is 11.8. The van der Waals surface area contributed by atoms with Crippen LogP contribution in [0.4, 0.5) is 5.69 Å². The van der Waals surface area contributed by atoms with E-state index in [2.05, 4.69) is 48.9 Å². The zero-order valence-electron chi connectivity index (χ0n) is 18.7. The summed E-state index contributed by atoms with van der Waals surface area (Å²) >= 11 is 6.19. The predicted molar refractivity (Wildman–Crippen MR) is 139 cm³/mol. The van der Waals surface area contributed by atoms with Crippen LogP contribution in [0.1, 0.15) is 32.8 Å². The molecule has 0 radical (unpaired) electrons. The molecule has 1 aromatic carbocycles. The summed E-state index contributed by atoms with van der Waals surface area (Å²) < 4.78 is 23.0. The van der Waals surface area contributed by atoms with Crippen LogP contribution in [0.25, 0.3) is 0 Å². The van der Waals surface area contributed by atoms with Crippen LogP contribution < -0.4 is 10.2 Å². The molecule has 0 amide bonds. The van der Waals surface area contributed by atoms with Crippen molar-refractivity contribution in [1.29, 1.82) is 0 Å². The molecule has 1 aliphatic heterocycles. The fourth-order valence-corrected chi connectivity index (χ4v) is 4.43. The van der Waals surface area contributed by atoms with E-state index in [1.54, 1.807) is 0 Å². The van der Waals surface area contributed by atoms with E-state index in [4.69, 9.17) is 16.6 Å². The third-order valence-electron chi connectivity index (χ3n) is 5.23. The molecule has 1 fully saturated rings. The molecule has 0 atom stereocenters. The van der Waals surface area contributed by atoms with E-state index in [0.29, 0.717) is 13.0 Å². The first kappa shape index (κ1) is 27.3. The maximum absolute atomic E-state index is 11.5. The number of aryl methyl sites for hydroxylation is 1. The Kier molecular flexibility index (Phi) is 10.7. The molecular formula is C21H36ClIN4O2S. The molecule has 0 spiro atoms. The van der Waals surface area contributed by atoms with Crippen LogP contribution in [0.3, 0.4) is 0 Å². The quantitative estimate of drug-likeness (QED) is 0.307. The Morgan fingerprint density at radius 2 is 1.87 bits per heavy atom. The van der Waals surface area contributed by atoms with Gasteiger partial charge in [0.05, 0.1) is 5.75 Å². The Morgan fingerprint density at radius 3 is 2.43 bits per heavy atom. The summed E-state index contributed by atoms with van der Waals surface area (Å²) in [5.41, 5.74) is 2.26. The van der Waals surface area contributed by atoms with Crippen molar-refractivity contribution in [2.45, 2.75) is 34.1 Å². The molecule has 1 aromatic rings. The van der Waals surface area contributed by atoms with Gasteiger partial charge in [-0.15, -0.1) is 24.0 Å². The number of rotatable bonds is 7. The number of nitrogens with zero attached hydrogens (tertiary/aromatic N) is 3. The highest BCUT2D eigenvalue weighted by Crippen LogP contribution is 2.25. The fourth-order valence-electron chi connectivity index (χ4n) is 3.34. The van der Waals surface area contributed by atoms with E-state index in [9.17, 15) is 8.42 Å². The molecular weight excluding hydrogens is 535 g/mol. The number of guanidine groups is 1. The lowest BCUT2D eigenvalue weighted by Crippen LogP contribution is -2.53. The van der Waals surface area contributed by atoms with Gasteiger partial charge in [-0.2, -0.15) is 0 Å². The summed E-state index contributed by atoms with van der Waals surface area (Å²) in [7, 11) is -2.96. The molecule has 6 nitrogen and oxygen atoms in total. The number of benzene rings is 1. The van der Waals surface area contributed by atoms with Crippen molar-refractivity contribution in [3.63, 3.8) is 0 Å². The number of anilines is 1. The van der Waals surface area contributed by atoms with Crippen LogP contribution >= 0.6 is 35.6 Å². The Bertz CT molecular complexity index is 822. The van der Waals surface area contributed by atoms with Gasteiger partial charge in [0.2, 0.25) is 0 Å². The van der Waals surface area contributed by atoms with E-state index in [1.165, 1.54) is 17.5 Å². The molecule has 1 N–H and O–H groups in total. The summed E-state index contributed by atoms with van der Waals surface area (Å²) in [4.78, 5) is 9.49. The molecule has 0 bridgehead atoms. The molecule has 30 heavy (non-hydrogen) atoms. The number of aliphatic imine (C=N–C) groups is 1. The van der Waals surface area contributed by atoms with E-state index < -0.39 is 9.84 Å². The average molecular weight is 571 g/mol. The lowest BCUT2D eigenvalue weighted by atomic mass is 9.90. The van der Waals surface area contributed by atoms with Crippen LogP contribution in [0.15, 0.2) is 23.2 Å². The Labute approximate surface area is 204 Å². The van der Waals surface area contributed by atoms with Gasteiger partial charge in [0.25, 0.3) is 0 Å². The predicted octanol–water partition coefficient (Wildman–Crippen LogP) is 3.81. The van der Waals surface area contributed by atoms with Crippen LogP contribution in [-0.2, 0) is 9.84 Å². The highest BCUT2D eigenvalue weighted by Gasteiger charge is 2.23. The number of piperazine rings is 1. The van der Waals surface area contributed by atoms with Crippen molar-refractivity contribution in [2.75, 3.05) is 56.2 Å². The van der Waals surface area contributed by atoms with E-state index >= 15 is 0 Å². The van der Waals surface area contributed by atoms with Gasteiger partial charge in [-0.1, -0.05) is 31.5 Å². The topological polar surface area (TPSA) is 65.0 Å². The van der Waals surface area contributed by atoms with Crippen molar-refractivity contribution in [2.24, 2.45) is 10.4 Å². The van der Waals surface area contributed by atoms with Gasteiger partial charge in [0.15, 0.2) is 5.96 Å². The van der Waals surface area contributed by atoms with Crippen molar-refractivity contribution in [3.8, 4) is 0 Å². The van der Waals surface area contributed by atoms with E-state index in [-0.39, 0.29) is 35.1 Å². The third-order valence-corrected chi connectivity index (χ3v) is 6.41. The Hall–Kier alpha value is -0.740. The van der Waals surface area contributed by atoms with Crippen LogP contribution in [-0.4, -0.2) is 70.6 Å². The number of nitrogens with one attached hydrogen (secondary N) is 1. The molecule has 1 aliphatic rings. The first-order valence-electron chi connectivity index (χ1n) is 10.2. The van der Waals surface area contributed by atoms with Gasteiger partial charge in [-0.25, -0.2) is 8.42 Å². The third kappa shape index (κ3) is 8.78. The molecule has 1 saturated heterocycles. The first-order chi connectivity index (χ1) is 13.5. The monoisotopic (exact) mass is 570 g/mol. The van der Waals surface area contributed by atoms with Crippen molar-refractivity contribution in [3.05, 3.63) is 28.8 Å². The van der Waals surface area contributed by atoms with Gasteiger partial charge in [-0.3, -0.25) is 4.99 Å². The molecule has 0 aromatic heterocycles. The standard InChI is InChI=1S/C21H35ClN4O2S.HI/c1-6-23-20(24-16-21(3,4)9-14-29(5,27)28)26-12-10-25(11-13-26)19-15-18(22)8-7-17(19)2;/h7-8,15H,6,9-14,16H2,1-5H3,(H,23,24);1H. The van der Waals surface area contributed by atoms with E-state index in [0.717, 1.165) is 43.7 Å². The molecule has 172 valence electrons. The average Bonchev–Trinajstić information content (AvgIpc) is 2.65. The van der Waals surface area contributed by atoms with Crippen molar-refractivity contribution in [1.82, 2.24) is 10.2 Å². The maximum Gasteiger partial charge on any atom is 0.194 e. The largest absolute Gasteiger partial charge is 0.368 e. The number of hydrogen-bond donors (Lipinski definition) is 1. The second-order valence-corrected chi connectivity index (χ2v) is 11.3. The highest BCUT2D eigenvalue weighted by molar-refractivity contribution is 14.0. The molecule has 1 heterocycles. The first-order valence-corrected chi connectivity index (χ1v) is 12.7. The minimum absolute atomic E-state index is 0. The van der Waals surface area contributed by atoms with Crippen LogP contribution in [0, 0.1) is 12.3 Å². The SMILES string of the molecule is CCNC(=NCC(C)(C)CCS(C)(=O)=O)N1CCN(c2cc(Cl)ccc2C)CC1.I. The Balaban J connectivity index is 0.00000450. The van der Waals surface area contributed by atoms with Crippen LogP contribution in [0.2, 0.25) is 5.02 Å². The fraction of sp³-hybridized carbons (Fsp3) is 0.667. The zero-order valence-corrected chi connectivity index (χ0v) is 22.6. The van der Waals surface area contributed by atoms with Gasteiger partial charge in [0, 0.05) is 56.2 Å². The van der Waals surface area contributed by atoms with Gasteiger partial charge in [-0.05, 0) is 43.4 Å². The number of hydrogen-bond acceptors (Lipinski definition) is 4. The van der Waals surface area contributed by atoms with Crippen molar-refractivity contribution < 1.29 is 8.42 Å². The normalized spacial score (nSPS) is 15.7. The minimum Gasteiger partial charge on any atom is -0.368 e. The van der Waals surface area contributed by atoms with Crippen molar-refractivity contribution >= 4 is 57.1 Å². The maximum atomic E-state index is 11.5. The summed E-state index contributed by atoms with van der Waals surface area (Å²) in [5.74, 6) is 1.10. The lowest BCUT2D eigenvalue weighted by molar-refractivity contribution is 0.348. The number of halogens is 2. The molecule has 0 saturated carbocycles. The smallest absolute Gasteiger partial charge is 0.194 e. The van der Waals surface area contributed by atoms with Gasteiger partial charge in [0.1, 0.15) is 9.84 Å². The van der Waals surface area contributed by atoms with Crippen LogP contribution in [0.5, 0.6) is 0 Å². The summed E-state index contributed by atoms with van der Waals surface area (Å²) in [6.45, 7) is 13.3. The summed E-state index contributed by atoms with van der Waals surface area (Å²) in [5, 5.41) is 4.15. The molecule has 9 heteroatoms. The van der Waals surface area contributed by atoms with E-state index in [1.807, 2.05) is 12.1 Å². The molecule has 0 aliphatic carbocycles. The number of sulfone groups is 1.